The molecule has 0 saturated heterocycles. The van der Waals surface area contributed by atoms with Crippen molar-refractivity contribution in [2.45, 2.75) is 13.5 Å². The Morgan fingerprint density at radius 1 is 1.15 bits per heavy atom. The van der Waals surface area contributed by atoms with Crippen LogP contribution in [-0.2, 0) is 6.61 Å². The number of rotatable bonds is 5. The third-order valence-electron chi connectivity index (χ3n) is 3.08. The Balaban J connectivity index is 2.26. The van der Waals surface area contributed by atoms with Crippen LogP contribution in [0, 0.1) is 6.92 Å². The molecule has 0 amide bonds. The Morgan fingerprint density at radius 2 is 1.95 bits per heavy atom. The lowest BCUT2D eigenvalue weighted by atomic mass is 10.1. The van der Waals surface area contributed by atoms with Crippen molar-refractivity contribution in [3.63, 3.8) is 0 Å². The van der Waals surface area contributed by atoms with Gasteiger partial charge >= 0.3 is 0 Å². The topological polar surface area (TPSA) is 56.8 Å². The zero-order chi connectivity index (χ0) is 14.4. The number of hydrogen-bond donors (Lipinski definition) is 1. The molecule has 0 aliphatic rings. The standard InChI is InChI=1S/C16H18N2O2/c1-12-6-3-4-7-14(12)11-20-16-13(10-18-17)8-5-9-15(16)19-2/h3-10H,11,17H2,1-2H3. The van der Waals surface area contributed by atoms with Gasteiger partial charge in [-0.25, -0.2) is 0 Å². The summed E-state index contributed by atoms with van der Waals surface area (Å²) in [6, 6.07) is 13.7. The molecule has 2 aromatic carbocycles. The summed E-state index contributed by atoms with van der Waals surface area (Å²) in [4.78, 5) is 0. The van der Waals surface area contributed by atoms with Crippen molar-refractivity contribution in [2.75, 3.05) is 7.11 Å². The lowest BCUT2D eigenvalue weighted by Gasteiger charge is -2.14. The maximum atomic E-state index is 5.91. The minimum Gasteiger partial charge on any atom is -0.493 e. The summed E-state index contributed by atoms with van der Waals surface area (Å²) in [5.74, 6) is 6.53. The summed E-state index contributed by atoms with van der Waals surface area (Å²) < 4.78 is 11.2. The minimum absolute atomic E-state index is 0.471. The number of aryl methyl sites for hydroxylation is 1. The van der Waals surface area contributed by atoms with Gasteiger partial charge in [0.15, 0.2) is 11.5 Å². The third kappa shape index (κ3) is 3.09. The van der Waals surface area contributed by atoms with Gasteiger partial charge in [0.05, 0.1) is 13.3 Å². The van der Waals surface area contributed by atoms with Crippen LogP contribution in [0.15, 0.2) is 47.6 Å². The molecule has 4 heteroatoms. The van der Waals surface area contributed by atoms with Crippen LogP contribution in [0.1, 0.15) is 16.7 Å². The second kappa shape index (κ2) is 6.61. The number of benzene rings is 2. The predicted octanol–water partition coefficient (Wildman–Crippen LogP) is 2.88. The Kier molecular flexibility index (Phi) is 4.60. The summed E-state index contributed by atoms with van der Waals surface area (Å²) in [7, 11) is 1.61. The van der Waals surface area contributed by atoms with Crippen LogP contribution >= 0.6 is 0 Å². The molecular formula is C16H18N2O2. The smallest absolute Gasteiger partial charge is 0.170 e. The van der Waals surface area contributed by atoms with Crippen LogP contribution in [-0.4, -0.2) is 13.3 Å². The quantitative estimate of drug-likeness (QED) is 0.516. The van der Waals surface area contributed by atoms with Gasteiger partial charge in [0.25, 0.3) is 0 Å². The van der Waals surface area contributed by atoms with E-state index in [1.165, 1.54) is 5.56 Å². The van der Waals surface area contributed by atoms with Crippen molar-refractivity contribution in [3.8, 4) is 11.5 Å². The summed E-state index contributed by atoms with van der Waals surface area (Å²) in [6.07, 6.45) is 1.55. The summed E-state index contributed by atoms with van der Waals surface area (Å²) in [6.45, 7) is 2.53. The molecule has 0 aromatic heterocycles. The molecule has 0 heterocycles. The molecular weight excluding hydrogens is 252 g/mol. The van der Waals surface area contributed by atoms with Crippen LogP contribution in [0.3, 0.4) is 0 Å². The molecule has 2 rings (SSSR count). The van der Waals surface area contributed by atoms with E-state index in [1.54, 1.807) is 13.3 Å². The molecule has 0 aliphatic carbocycles. The number of para-hydroxylation sites is 1. The molecule has 2 N–H and O–H groups in total. The zero-order valence-corrected chi connectivity index (χ0v) is 11.7. The van der Waals surface area contributed by atoms with Crippen LogP contribution in [0.5, 0.6) is 11.5 Å². The molecule has 0 radical (unpaired) electrons. The zero-order valence-electron chi connectivity index (χ0n) is 11.7. The van der Waals surface area contributed by atoms with Crippen LogP contribution in [0.25, 0.3) is 0 Å². The van der Waals surface area contributed by atoms with E-state index in [2.05, 4.69) is 18.1 Å². The van der Waals surface area contributed by atoms with Gasteiger partial charge in [-0.1, -0.05) is 30.3 Å². The SMILES string of the molecule is COc1cccc(C=NN)c1OCc1ccccc1C. The molecule has 0 saturated carbocycles. The summed E-state index contributed by atoms with van der Waals surface area (Å²) in [5, 5.41) is 3.55. The molecule has 104 valence electrons. The van der Waals surface area contributed by atoms with Crippen LogP contribution in [0.2, 0.25) is 0 Å². The highest BCUT2D eigenvalue weighted by Gasteiger charge is 2.10. The van der Waals surface area contributed by atoms with Crippen LogP contribution in [0.4, 0.5) is 0 Å². The van der Waals surface area contributed by atoms with E-state index in [-0.39, 0.29) is 0 Å². The van der Waals surface area contributed by atoms with Gasteiger partial charge in [0.1, 0.15) is 6.61 Å². The molecule has 20 heavy (non-hydrogen) atoms. The largest absolute Gasteiger partial charge is 0.493 e. The van der Waals surface area contributed by atoms with Crippen molar-refractivity contribution >= 4 is 6.21 Å². The Labute approximate surface area is 118 Å². The minimum atomic E-state index is 0.471. The first-order chi connectivity index (χ1) is 9.76. The first-order valence-electron chi connectivity index (χ1n) is 6.34. The maximum absolute atomic E-state index is 5.91. The first kappa shape index (κ1) is 13.9. The number of ether oxygens (including phenoxy) is 2. The van der Waals surface area contributed by atoms with Gasteiger partial charge in [0, 0.05) is 5.56 Å². The number of methoxy groups -OCH3 is 1. The van der Waals surface area contributed by atoms with E-state index in [4.69, 9.17) is 15.3 Å². The molecule has 2 aromatic rings. The van der Waals surface area contributed by atoms with E-state index >= 15 is 0 Å². The second-order valence-corrected chi connectivity index (χ2v) is 4.37. The van der Waals surface area contributed by atoms with Gasteiger partial charge < -0.3 is 15.3 Å². The molecule has 0 aliphatic heterocycles. The monoisotopic (exact) mass is 270 g/mol. The highest BCUT2D eigenvalue weighted by atomic mass is 16.5. The first-order valence-corrected chi connectivity index (χ1v) is 6.34. The molecule has 0 spiro atoms. The Morgan fingerprint density at radius 3 is 2.65 bits per heavy atom. The van der Waals surface area contributed by atoms with Gasteiger partial charge in [-0.3, -0.25) is 0 Å². The van der Waals surface area contributed by atoms with Gasteiger partial charge in [-0.2, -0.15) is 5.10 Å². The highest BCUT2D eigenvalue weighted by molar-refractivity contribution is 5.84. The third-order valence-corrected chi connectivity index (χ3v) is 3.08. The lowest BCUT2D eigenvalue weighted by Crippen LogP contribution is -2.02. The average Bonchev–Trinajstić information content (AvgIpc) is 2.47. The predicted molar refractivity (Wildman–Crippen MR) is 80.3 cm³/mol. The molecule has 0 unspecified atom stereocenters. The fourth-order valence-corrected chi connectivity index (χ4v) is 1.95. The van der Waals surface area contributed by atoms with Gasteiger partial charge in [-0.15, -0.1) is 0 Å². The lowest BCUT2D eigenvalue weighted by molar-refractivity contribution is 0.283. The second-order valence-electron chi connectivity index (χ2n) is 4.37. The number of nitrogens with zero attached hydrogens (tertiary/aromatic N) is 1. The maximum Gasteiger partial charge on any atom is 0.170 e. The number of hydrogen-bond acceptors (Lipinski definition) is 4. The van der Waals surface area contributed by atoms with Crippen molar-refractivity contribution < 1.29 is 9.47 Å². The fraction of sp³-hybridized carbons (Fsp3) is 0.188. The summed E-state index contributed by atoms with van der Waals surface area (Å²) in [5.41, 5.74) is 3.12. The van der Waals surface area contributed by atoms with E-state index in [0.29, 0.717) is 18.1 Å². The van der Waals surface area contributed by atoms with Crippen molar-refractivity contribution in [1.29, 1.82) is 0 Å². The van der Waals surface area contributed by atoms with E-state index in [0.717, 1.165) is 11.1 Å². The molecule has 0 bridgehead atoms. The molecule has 4 nitrogen and oxygen atoms in total. The normalized spacial score (nSPS) is 10.7. The highest BCUT2D eigenvalue weighted by Crippen LogP contribution is 2.31. The Bertz CT molecular complexity index is 609. The van der Waals surface area contributed by atoms with E-state index < -0.39 is 0 Å². The molecule has 0 atom stereocenters. The van der Waals surface area contributed by atoms with Gasteiger partial charge in [0.2, 0.25) is 0 Å². The van der Waals surface area contributed by atoms with Crippen molar-refractivity contribution in [2.24, 2.45) is 10.9 Å². The van der Waals surface area contributed by atoms with Crippen molar-refractivity contribution in [1.82, 2.24) is 0 Å². The van der Waals surface area contributed by atoms with Crippen LogP contribution < -0.4 is 15.3 Å². The number of hydrazone groups is 1. The van der Waals surface area contributed by atoms with E-state index in [9.17, 15) is 0 Å². The molecule has 0 fully saturated rings. The van der Waals surface area contributed by atoms with E-state index in [1.807, 2.05) is 36.4 Å². The fourth-order valence-electron chi connectivity index (χ4n) is 1.95. The van der Waals surface area contributed by atoms with Crippen molar-refractivity contribution in [3.05, 3.63) is 59.2 Å². The average molecular weight is 270 g/mol. The number of nitrogens with two attached hydrogens (primary N) is 1. The Hall–Kier alpha value is -2.49. The summed E-state index contributed by atoms with van der Waals surface area (Å²) >= 11 is 0. The van der Waals surface area contributed by atoms with Gasteiger partial charge in [-0.05, 0) is 30.2 Å².